The number of hydrogen-bond acceptors (Lipinski definition) is 3. The third-order valence-corrected chi connectivity index (χ3v) is 5.27. The highest BCUT2D eigenvalue weighted by atomic mass is 79.9. The van der Waals surface area contributed by atoms with E-state index in [0.29, 0.717) is 11.3 Å². The molecule has 4 nitrogen and oxygen atoms in total. The molecule has 5 heteroatoms. The quantitative estimate of drug-likeness (QED) is 0.876. The van der Waals surface area contributed by atoms with Crippen molar-refractivity contribution in [2.75, 3.05) is 7.11 Å². The minimum Gasteiger partial charge on any atom is -0.496 e. The van der Waals surface area contributed by atoms with E-state index in [1.807, 2.05) is 6.07 Å². The summed E-state index contributed by atoms with van der Waals surface area (Å²) < 4.78 is 6.17. The van der Waals surface area contributed by atoms with Crippen LogP contribution in [-0.4, -0.2) is 25.1 Å². The van der Waals surface area contributed by atoms with Gasteiger partial charge in [-0.1, -0.05) is 43.6 Å². The van der Waals surface area contributed by atoms with Gasteiger partial charge in [0.2, 0.25) is 0 Å². The first-order chi connectivity index (χ1) is 9.62. The van der Waals surface area contributed by atoms with Crippen molar-refractivity contribution >= 4 is 21.8 Å². The number of amides is 1. The Morgan fingerprint density at radius 1 is 1.29 bits per heavy atom. The van der Waals surface area contributed by atoms with Gasteiger partial charge in [0, 0.05) is 27.4 Å². The molecule has 21 heavy (non-hydrogen) atoms. The summed E-state index contributed by atoms with van der Waals surface area (Å²) in [4.78, 5) is 12.6. The maximum Gasteiger partial charge on any atom is 0.255 e. The topological polar surface area (TPSA) is 64.3 Å². The molecule has 1 amide bonds. The lowest BCUT2D eigenvalue weighted by atomic mass is 9.48. The van der Waals surface area contributed by atoms with Crippen LogP contribution in [0, 0.1) is 10.8 Å². The molecule has 0 unspecified atom stereocenters. The van der Waals surface area contributed by atoms with Gasteiger partial charge in [-0.25, -0.2) is 0 Å². The van der Waals surface area contributed by atoms with E-state index in [4.69, 9.17) is 10.5 Å². The van der Waals surface area contributed by atoms with Gasteiger partial charge in [-0.15, -0.1) is 0 Å². The van der Waals surface area contributed by atoms with E-state index in [1.165, 1.54) is 0 Å². The van der Waals surface area contributed by atoms with Gasteiger partial charge < -0.3 is 15.8 Å². The number of carbonyl (C=O) groups excluding carboxylic acids is 1. The summed E-state index contributed by atoms with van der Waals surface area (Å²) in [7, 11) is 1.56. The fourth-order valence-corrected chi connectivity index (χ4v) is 3.95. The summed E-state index contributed by atoms with van der Waals surface area (Å²) in [6.07, 6.45) is 0. The molecule has 1 aromatic carbocycles. The number of hydrogen-bond donors (Lipinski definition) is 2. The predicted molar refractivity (Wildman–Crippen MR) is 87.5 cm³/mol. The Bertz CT molecular complexity index is 553. The second kappa shape index (κ2) is 5.29. The molecule has 0 bridgehead atoms. The van der Waals surface area contributed by atoms with E-state index in [9.17, 15) is 4.79 Å². The van der Waals surface area contributed by atoms with Gasteiger partial charge in [0.1, 0.15) is 5.75 Å². The van der Waals surface area contributed by atoms with Crippen LogP contribution in [0.15, 0.2) is 22.7 Å². The van der Waals surface area contributed by atoms with E-state index < -0.39 is 0 Å². The maximum absolute atomic E-state index is 12.6. The summed E-state index contributed by atoms with van der Waals surface area (Å²) in [6.45, 7) is 8.36. The summed E-state index contributed by atoms with van der Waals surface area (Å²) in [6, 6.07) is 5.47. The lowest BCUT2D eigenvalue weighted by molar-refractivity contribution is -0.0663. The summed E-state index contributed by atoms with van der Waals surface area (Å²) in [5.41, 5.74) is 6.52. The molecule has 1 fully saturated rings. The molecule has 0 spiro atoms. The second-order valence-corrected chi connectivity index (χ2v) is 7.79. The zero-order valence-electron chi connectivity index (χ0n) is 13.2. The molecule has 0 aliphatic heterocycles. The molecule has 0 saturated heterocycles. The Morgan fingerprint density at radius 3 is 2.38 bits per heavy atom. The Hall–Kier alpha value is -1.07. The highest BCUT2D eigenvalue weighted by molar-refractivity contribution is 9.10. The van der Waals surface area contributed by atoms with Crippen LogP contribution in [0.4, 0.5) is 0 Å². The first kappa shape index (κ1) is 16.3. The minimum atomic E-state index is -0.127. The first-order valence-electron chi connectivity index (χ1n) is 7.02. The van der Waals surface area contributed by atoms with Crippen molar-refractivity contribution in [3.63, 3.8) is 0 Å². The van der Waals surface area contributed by atoms with Crippen molar-refractivity contribution in [3.8, 4) is 5.75 Å². The maximum atomic E-state index is 12.6. The normalized spacial score (nSPS) is 25.9. The van der Waals surface area contributed by atoms with Crippen LogP contribution >= 0.6 is 15.9 Å². The van der Waals surface area contributed by atoms with Gasteiger partial charge in [-0.3, -0.25) is 4.79 Å². The van der Waals surface area contributed by atoms with Crippen molar-refractivity contribution in [2.24, 2.45) is 16.6 Å². The third kappa shape index (κ3) is 2.57. The molecular formula is C16H23BrN2O2. The van der Waals surface area contributed by atoms with Crippen LogP contribution in [-0.2, 0) is 0 Å². The molecule has 1 aliphatic carbocycles. The molecule has 2 rings (SSSR count). The summed E-state index contributed by atoms with van der Waals surface area (Å²) in [5.74, 6) is 0.429. The zero-order valence-corrected chi connectivity index (χ0v) is 14.7. The van der Waals surface area contributed by atoms with Crippen LogP contribution in [0.2, 0.25) is 0 Å². The van der Waals surface area contributed by atoms with Crippen molar-refractivity contribution in [1.29, 1.82) is 0 Å². The van der Waals surface area contributed by atoms with Gasteiger partial charge >= 0.3 is 0 Å². The predicted octanol–water partition coefficient (Wildman–Crippen LogP) is 2.95. The van der Waals surface area contributed by atoms with E-state index in [-0.39, 0.29) is 28.8 Å². The molecule has 0 radical (unpaired) electrons. The molecule has 116 valence electrons. The van der Waals surface area contributed by atoms with E-state index in [1.54, 1.807) is 19.2 Å². The van der Waals surface area contributed by atoms with Crippen molar-refractivity contribution in [3.05, 3.63) is 28.2 Å². The Morgan fingerprint density at radius 2 is 1.86 bits per heavy atom. The molecule has 0 atom stereocenters. The highest BCUT2D eigenvalue weighted by Crippen LogP contribution is 2.52. The van der Waals surface area contributed by atoms with Crippen LogP contribution in [0.1, 0.15) is 38.1 Å². The Balaban J connectivity index is 2.23. The minimum absolute atomic E-state index is 0.0286. The number of benzene rings is 1. The molecular weight excluding hydrogens is 332 g/mol. The molecule has 1 saturated carbocycles. The van der Waals surface area contributed by atoms with E-state index >= 15 is 0 Å². The molecule has 0 aromatic heterocycles. The SMILES string of the molecule is COc1cc(Br)ccc1C(=O)NC1C(C)(C)C(N)C1(C)C. The van der Waals surface area contributed by atoms with Crippen LogP contribution in [0.3, 0.4) is 0 Å². The van der Waals surface area contributed by atoms with Crippen molar-refractivity contribution < 1.29 is 9.53 Å². The van der Waals surface area contributed by atoms with Gasteiger partial charge in [0.25, 0.3) is 5.91 Å². The smallest absolute Gasteiger partial charge is 0.255 e. The van der Waals surface area contributed by atoms with Gasteiger partial charge in [0.15, 0.2) is 0 Å². The number of halogens is 1. The first-order valence-corrected chi connectivity index (χ1v) is 7.81. The average Bonchev–Trinajstić information content (AvgIpc) is 2.42. The average molecular weight is 355 g/mol. The van der Waals surface area contributed by atoms with Crippen LogP contribution in [0.25, 0.3) is 0 Å². The number of nitrogens with one attached hydrogen (secondary N) is 1. The summed E-state index contributed by atoms with van der Waals surface area (Å²) >= 11 is 3.38. The monoisotopic (exact) mass is 354 g/mol. The fraction of sp³-hybridized carbons (Fsp3) is 0.562. The van der Waals surface area contributed by atoms with E-state index in [0.717, 1.165) is 4.47 Å². The largest absolute Gasteiger partial charge is 0.496 e. The fourth-order valence-electron chi connectivity index (χ4n) is 3.61. The van der Waals surface area contributed by atoms with Crippen molar-refractivity contribution in [1.82, 2.24) is 5.32 Å². The molecule has 1 aliphatic rings. The molecule has 0 heterocycles. The second-order valence-electron chi connectivity index (χ2n) is 6.87. The summed E-state index contributed by atoms with van der Waals surface area (Å²) in [5, 5.41) is 3.12. The van der Waals surface area contributed by atoms with Gasteiger partial charge in [-0.2, -0.15) is 0 Å². The lowest BCUT2D eigenvalue weighted by Crippen LogP contribution is -2.76. The Labute approximate surface area is 134 Å². The zero-order chi connectivity index (χ0) is 16.0. The van der Waals surface area contributed by atoms with Crippen LogP contribution < -0.4 is 15.8 Å². The number of rotatable bonds is 3. The number of methoxy groups -OCH3 is 1. The highest BCUT2D eigenvalue weighted by Gasteiger charge is 2.60. The number of carbonyl (C=O) groups is 1. The van der Waals surface area contributed by atoms with Gasteiger partial charge in [-0.05, 0) is 18.2 Å². The molecule has 1 aromatic rings. The van der Waals surface area contributed by atoms with Gasteiger partial charge in [0.05, 0.1) is 12.7 Å². The van der Waals surface area contributed by atoms with Crippen LogP contribution in [0.5, 0.6) is 5.75 Å². The lowest BCUT2D eigenvalue weighted by Gasteiger charge is -2.62. The molecule has 3 N–H and O–H groups in total. The number of nitrogens with two attached hydrogens (primary N) is 1. The number of ether oxygens (including phenoxy) is 1. The Kier molecular flexibility index (Phi) is 4.10. The third-order valence-electron chi connectivity index (χ3n) is 4.77. The standard InChI is InChI=1S/C16H23BrN2O2/c1-15(2)13(18)16(3,4)14(15)19-12(20)10-7-6-9(17)8-11(10)21-5/h6-8,13-14H,18H2,1-5H3,(H,19,20). The van der Waals surface area contributed by atoms with E-state index in [2.05, 4.69) is 48.9 Å². The van der Waals surface area contributed by atoms with Crippen molar-refractivity contribution in [2.45, 2.75) is 39.8 Å².